The van der Waals surface area contributed by atoms with E-state index in [1.54, 1.807) is 25.3 Å². The molecule has 2 nitrogen and oxygen atoms in total. The summed E-state index contributed by atoms with van der Waals surface area (Å²) in [6.45, 7) is 0. The molecule has 0 aliphatic carbocycles. The first-order valence-corrected chi connectivity index (χ1v) is 6.66. The summed E-state index contributed by atoms with van der Waals surface area (Å²) < 4.78 is 18.8. The predicted molar refractivity (Wildman–Crippen MR) is 76.2 cm³/mol. The van der Waals surface area contributed by atoms with E-state index >= 15 is 0 Å². The zero-order valence-electron chi connectivity index (χ0n) is 10.0. The van der Waals surface area contributed by atoms with E-state index < -0.39 is 11.9 Å². The highest BCUT2D eigenvalue weighted by Gasteiger charge is 2.17. The van der Waals surface area contributed by atoms with E-state index in [1.165, 1.54) is 18.2 Å². The van der Waals surface area contributed by atoms with Crippen molar-refractivity contribution in [2.24, 2.45) is 0 Å². The highest BCUT2D eigenvalue weighted by molar-refractivity contribution is 9.10. The Morgan fingerprint density at radius 1 is 1.21 bits per heavy atom. The van der Waals surface area contributed by atoms with Crippen molar-refractivity contribution >= 4 is 27.5 Å². The quantitative estimate of drug-likeness (QED) is 0.897. The van der Waals surface area contributed by atoms with Gasteiger partial charge >= 0.3 is 0 Å². The maximum atomic E-state index is 13.0. The Morgan fingerprint density at radius 3 is 2.47 bits per heavy atom. The number of rotatable bonds is 3. The second-order valence-corrected chi connectivity index (χ2v) is 5.22. The molecular formula is C14H11BrClFO2. The minimum atomic E-state index is -0.937. The maximum absolute atomic E-state index is 13.0. The van der Waals surface area contributed by atoms with Crippen molar-refractivity contribution in [2.45, 2.75) is 6.10 Å². The molecule has 0 bridgehead atoms. The Morgan fingerprint density at radius 2 is 1.89 bits per heavy atom. The molecule has 100 valence electrons. The maximum Gasteiger partial charge on any atom is 0.124 e. The number of hydrogen-bond donors (Lipinski definition) is 1. The zero-order valence-corrected chi connectivity index (χ0v) is 12.4. The summed E-state index contributed by atoms with van der Waals surface area (Å²) >= 11 is 9.31. The van der Waals surface area contributed by atoms with Crippen molar-refractivity contribution in [3.05, 3.63) is 62.8 Å². The van der Waals surface area contributed by atoms with Gasteiger partial charge in [-0.15, -0.1) is 0 Å². The molecule has 2 aromatic carbocycles. The van der Waals surface area contributed by atoms with Crippen LogP contribution in [0, 0.1) is 5.82 Å². The Kier molecular flexibility index (Phi) is 4.45. The highest BCUT2D eigenvalue weighted by Crippen LogP contribution is 2.34. The monoisotopic (exact) mass is 344 g/mol. The number of aliphatic hydroxyl groups excluding tert-OH is 1. The molecule has 1 N–H and O–H groups in total. The van der Waals surface area contributed by atoms with Crippen molar-refractivity contribution in [1.82, 2.24) is 0 Å². The lowest BCUT2D eigenvalue weighted by molar-refractivity contribution is 0.219. The van der Waals surface area contributed by atoms with Gasteiger partial charge in [0.25, 0.3) is 0 Å². The van der Waals surface area contributed by atoms with Crippen molar-refractivity contribution in [2.75, 3.05) is 7.11 Å². The predicted octanol–water partition coefficient (Wildman–Crippen LogP) is 4.33. The largest absolute Gasteiger partial charge is 0.497 e. The van der Waals surface area contributed by atoms with Crippen molar-refractivity contribution in [3.8, 4) is 5.75 Å². The fourth-order valence-electron chi connectivity index (χ4n) is 1.75. The van der Waals surface area contributed by atoms with Crippen LogP contribution in [0.3, 0.4) is 0 Å². The van der Waals surface area contributed by atoms with Gasteiger partial charge in [0.2, 0.25) is 0 Å². The van der Waals surface area contributed by atoms with Crippen LogP contribution in [-0.2, 0) is 0 Å². The Balaban J connectivity index is 2.41. The first kappa shape index (κ1) is 14.3. The van der Waals surface area contributed by atoms with Crippen molar-refractivity contribution in [1.29, 1.82) is 0 Å². The third-order valence-corrected chi connectivity index (χ3v) is 3.77. The molecule has 0 aromatic heterocycles. The molecule has 2 aromatic rings. The minimum Gasteiger partial charge on any atom is -0.497 e. The number of ether oxygens (including phenoxy) is 1. The summed E-state index contributed by atoms with van der Waals surface area (Å²) in [6, 6.07) is 9.13. The average Bonchev–Trinajstić information content (AvgIpc) is 2.37. The van der Waals surface area contributed by atoms with Crippen LogP contribution >= 0.6 is 27.5 Å². The second-order valence-electron chi connectivity index (χ2n) is 3.96. The molecule has 2 rings (SSSR count). The van der Waals surface area contributed by atoms with Crippen LogP contribution in [0.1, 0.15) is 17.2 Å². The summed E-state index contributed by atoms with van der Waals surface area (Å²) in [5.74, 6) is 0.239. The van der Waals surface area contributed by atoms with Crippen LogP contribution in [0.2, 0.25) is 5.02 Å². The lowest BCUT2D eigenvalue weighted by atomic mass is 10.0. The summed E-state index contributed by atoms with van der Waals surface area (Å²) in [6.07, 6.45) is -0.937. The molecular weight excluding hydrogens is 335 g/mol. The Bertz CT molecular complexity index is 604. The molecule has 0 spiro atoms. The van der Waals surface area contributed by atoms with Gasteiger partial charge in [-0.2, -0.15) is 0 Å². The molecule has 1 atom stereocenters. The standard InChI is InChI=1S/C14H11BrClFO2/c1-19-9-3-5-10(12(15)7-9)14(18)11-4-2-8(17)6-13(11)16/h2-7,14,18H,1H3. The minimum absolute atomic E-state index is 0.190. The van der Waals surface area contributed by atoms with Gasteiger partial charge in [-0.05, 0) is 29.8 Å². The lowest BCUT2D eigenvalue weighted by Gasteiger charge is -2.15. The molecule has 0 aliphatic rings. The third kappa shape index (κ3) is 3.08. The Labute approximate surface area is 123 Å². The van der Waals surface area contributed by atoms with Crippen LogP contribution in [0.15, 0.2) is 40.9 Å². The first-order chi connectivity index (χ1) is 9.02. The van der Waals surface area contributed by atoms with Gasteiger partial charge in [0, 0.05) is 15.1 Å². The molecule has 0 fully saturated rings. The molecule has 0 heterocycles. The summed E-state index contributed by atoms with van der Waals surface area (Å²) in [5, 5.41) is 10.5. The molecule has 0 amide bonds. The van der Waals surface area contributed by atoms with E-state index in [4.69, 9.17) is 16.3 Å². The smallest absolute Gasteiger partial charge is 0.124 e. The van der Waals surface area contributed by atoms with E-state index in [1.807, 2.05) is 0 Å². The Hall–Kier alpha value is -1.10. The van der Waals surface area contributed by atoms with Gasteiger partial charge in [-0.3, -0.25) is 0 Å². The third-order valence-electron chi connectivity index (χ3n) is 2.76. The van der Waals surface area contributed by atoms with Gasteiger partial charge in [-0.25, -0.2) is 4.39 Å². The normalized spacial score (nSPS) is 12.3. The summed E-state index contributed by atoms with van der Waals surface area (Å²) in [7, 11) is 1.56. The van der Waals surface area contributed by atoms with Gasteiger partial charge in [-0.1, -0.05) is 39.7 Å². The van der Waals surface area contributed by atoms with Crippen molar-refractivity contribution < 1.29 is 14.2 Å². The van der Waals surface area contributed by atoms with E-state index in [9.17, 15) is 9.50 Å². The molecule has 1 unspecified atom stereocenters. The van der Waals surface area contributed by atoms with E-state index in [0.29, 0.717) is 21.3 Å². The number of methoxy groups -OCH3 is 1. The molecule has 0 radical (unpaired) electrons. The number of halogens is 3. The molecule has 5 heteroatoms. The van der Waals surface area contributed by atoms with E-state index in [-0.39, 0.29) is 5.02 Å². The van der Waals surface area contributed by atoms with Crippen LogP contribution < -0.4 is 4.74 Å². The van der Waals surface area contributed by atoms with Crippen LogP contribution in [0.5, 0.6) is 5.75 Å². The van der Waals surface area contributed by atoms with E-state index in [2.05, 4.69) is 15.9 Å². The summed E-state index contributed by atoms with van der Waals surface area (Å²) in [4.78, 5) is 0. The molecule has 0 aliphatic heterocycles. The SMILES string of the molecule is COc1ccc(C(O)c2ccc(F)cc2Cl)c(Br)c1. The van der Waals surface area contributed by atoms with Crippen LogP contribution in [0.25, 0.3) is 0 Å². The molecule has 0 saturated carbocycles. The van der Waals surface area contributed by atoms with Gasteiger partial charge in [0.05, 0.1) is 7.11 Å². The van der Waals surface area contributed by atoms with E-state index in [0.717, 1.165) is 0 Å². The number of benzene rings is 2. The van der Waals surface area contributed by atoms with Crippen LogP contribution in [-0.4, -0.2) is 12.2 Å². The van der Waals surface area contributed by atoms with Gasteiger partial charge in [0.15, 0.2) is 0 Å². The highest BCUT2D eigenvalue weighted by atomic mass is 79.9. The topological polar surface area (TPSA) is 29.5 Å². The van der Waals surface area contributed by atoms with Crippen LogP contribution in [0.4, 0.5) is 4.39 Å². The van der Waals surface area contributed by atoms with Crippen molar-refractivity contribution in [3.63, 3.8) is 0 Å². The average molecular weight is 346 g/mol. The first-order valence-electron chi connectivity index (χ1n) is 5.49. The number of hydrogen-bond acceptors (Lipinski definition) is 2. The lowest BCUT2D eigenvalue weighted by Crippen LogP contribution is -2.02. The zero-order chi connectivity index (χ0) is 14.0. The van der Waals surface area contributed by atoms with Gasteiger partial charge < -0.3 is 9.84 Å². The fourth-order valence-corrected chi connectivity index (χ4v) is 2.59. The fraction of sp³-hybridized carbons (Fsp3) is 0.143. The van der Waals surface area contributed by atoms with Gasteiger partial charge in [0.1, 0.15) is 17.7 Å². The number of aliphatic hydroxyl groups is 1. The summed E-state index contributed by atoms with van der Waals surface area (Å²) in [5.41, 5.74) is 1.09. The molecule has 0 saturated heterocycles. The molecule has 19 heavy (non-hydrogen) atoms. The second kappa shape index (κ2) is 5.90.